The first-order valence-electron chi connectivity index (χ1n) is 8.50. The number of methoxy groups -OCH3 is 1. The highest BCUT2D eigenvalue weighted by Gasteiger charge is 2.14. The van der Waals surface area contributed by atoms with Crippen LogP contribution in [0.4, 0.5) is 0 Å². The van der Waals surface area contributed by atoms with Gasteiger partial charge in [0.2, 0.25) is 0 Å². The summed E-state index contributed by atoms with van der Waals surface area (Å²) in [4.78, 5) is 24.6. The molecule has 140 valence electrons. The normalized spacial score (nSPS) is 10.6. The van der Waals surface area contributed by atoms with Gasteiger partial charge in [-0.3, -0.25) is 4.79 Å². The third-order valence-electron chi connectivity index (χ3n) is 4.00. The molecule has 0 saturated heterocycles. The molecule has 0 bridgehead atoms. The molecule has 0 spiro atoms. The van der Waals surface area contributed by atoms with Crippen molar-refractivity contribution in [1.82, 2.24) is 0 Å². The van der Waals surface area contributed by atoms with E-state index in [1.807, 2.05) is 18.2 Å². The van der Waals surface area contributed by atoms with Crippen molar-refractivity contribution in [3.63, 3.8) is 0 Å². The monoisotopic (exact) mass is 392 g/mol. The third kappa shape index (κ3) is 4.67. The van der Waals surface area contributed by atoms with Crippen LogP contribution in [0, 0.1) is 0 Å². The zero-order valence-corrected chi connectivity index (χ0v) is 15.8. The molecule has 0 radical (unpaired) electrons. The fourth-order valence-corrected chi connectivity index (χ4v) is 2.73. The number of rotatable bonds is 6. The van der Waals surface area contributed by atoms with E-state index < -0.39 is 5.97 Å². The van der Waals surface area contributed by atoms with Crippen LogP contribution in [0.5, 0.6) is 11.5 Å². The molecule has 0 aliphatic carbocycles. The second-order valence-corrected chi connectivity index (χ2v) is 6.24. The van der Waals surface area contributed by atoms with Crippen molar-refractivity contribution in [2.75, 3.05) is 7.11 Å². The van der Waals surface area contributed by atoms with Gasteiger partial charge in [0.15, 0.2) is 5.78 Å². The molecule has 0 saturated carbocycles. The van der Waals surface area contributed by atoms with Crippen molar-refractivity contribution >= 4 is 29.4 Å². The van der Waals surface area contributed by atoms with E-state index in [0.717, 1.165) is 5.56 Å². The molecule has 0 fully saturated rings. The standard InChI is InChI=1S/C23H17ClO4/c1-27-22-9-5-3-7-19(22)23(26)28-18-13-10-17(11-14-18)21(25)15-12-16-6-2-4-8-20(16)24/h2-15H,1H3/b15-12+. The van der Waals surface area contributed by atoms with Gasteiger partial charge in [0.05, 0.1) is 7.11 Å². The molecule has 3 rings (SSSR count). The Labute approximate surface area is 168 Å². The number of carbonyl (C=O) groups excluding carboxylic acids is 2. The van der Waals surface area contributed by atoms with E-state index in [9.17, 15) is 9.59 Å². The van der Waals surface area contributed by atoms with Gasteiger partial charge < -0.3 is 9.47 Å². The first-order valence-corrected chi connectivity index (χ1v) is 8.88. The molecule has 3 aromatic rings. The molecular formula is C23H17ClO4. The number of esters is 1. The molecule has 0 unspecified atom stereocenters. The predicted octanol–water partition coefficient (Wildman–Crippen LogP) is 5.46. The predicted molar refractivity (Wildman–Crippen MR) is 109 cm³/mol. The topological polar surface area (TPSA) is 52.6 Å². The van der Waals surface area contributed by atoms with Crippen LogP contribution in [0.3, 0.4) is 0 Å². The Morgan fingerprint density at radius 2 is 1.57 bits per heavy atom. The number of para-hydroxylation sites is 1. The molecule has 0 N–H and O–H groups in total. The van der Waals surface area contributed by atoms with Gasteiger partial charge in [-0.05, 0) is 60.2 Å². The highest BCUT2D eigenvalue weighted by atomic mass is 35.5. The number of allylic oxidation sites excluding steroid dienone is 1. The maximum atomic E-state index is 12.3. The third-order valence-corrected chi connectivity index (χ3v) is 4.34. The second-order valence-electron chi connectivity index (χ2n) is 5.83. The maximum Gasteiger partial charge on any atom is 0.347 e. The fraction of sp³-hybridized carbons (Fsp3) is 0.0435. The minimum Gasteiger partial charge on any atom is -0.496 e. The van der Waals surface area contributed by atoms with Gasteiger partial charge in [-0.1, -0.05) is 41.9 Å². The van der Waals surface area contributed by atoms with Crippen molar-refractivity contribution in [3.8, 4) is 11.5 Å². The Morgan fingerprint density at radius 3 is 2.29 bits per heavy atom. The van der Waals surface area contributed by atoms with Gasteiger partial charge in [-0.25, -0.2) is 4.79 Å². The van der Waals surface area contributed by atoms with E-state index in [1.165, 1.54) is 13.2 Å². The number of ether oxygens (including phenoxy) is 2. The van der Waals surface area contributed by atoms with Gasteiger partial charge in [0, 0.05) is 10.6 Å². The highest BCUT2D eigenvalue weighted by molar-refractivity contribution is 6.32. The average molecular weight is 393 g/mol. The van der Waals surface area contributed by atoms with Crippen molar-refractivity contribution in [3.05, 3.63) is 101 Å². The van der Waals surface area contributed by atoms with Gasteiger partial charge in [0.1, 0.15) is 17.1 Å². The zero-order chi connectivity index (χ0) is 19.9. The van der Waals surface area contributed by atoms with Gasteiger partial charge in [-0.15, -0.1) is 0 Å². The molecular weight excluding hydrogens is 376 g/mol. The smallest absolute Gasteiger partial charge is 0.347 e. The molecule has 0 aliphatic rings. The van der Waals surface area contributed by atoms with E-state index in [1.54, 1.807) is 60.7 Å². The number of halogens is 1. The van der Waals surface area contributed by atoms with Crippen LogP contribution < -0.4 is 9.47 Å². The number of carbonyl (C=O) groups is 2. The zero-order valence-electron chi connectivity index (χ0n) is 15.1. The molecule has 0 amide bonds. The summed E-state index contributed by atoms with van der Waals surface area (Å²) >= 11 is 6.08. The van der Waals surface area contributed by atoms with Crippen LogP contribution in [0.25, 0.3) is 6.08 Å². The lowest BCUT2D eigenvalue weighted by Gasteiger charge is -2.08. The Morgan fingerprint density at radius 1 is 0.893 bits per heavy atom. The summed E-state index contributed by atoms with van der Waals surface area (Å²) in [5.74, 6) is 0.0595. The van der Waals surface area contributed by atoms with Crippen LogP contribution in [0.15, 0.2) is 78.9 Å². The summed E-state index contributed by atoms with van der Waals surface area (Å²) in [7, 11) is 1.49. The molecule has 0 heterocycles. The molecule has 4 nitrogen and oxygen atoms in total. The van der Waals surface area contributed by atoms with Crippen molar-refractivity contribution in [2.45, 2.75) is 0 Å². The minimum absolute atomic E-state index is 0.178. The maximum absolute atomic E-state index is 12.3. The van der Waals surface area contributed by atoms with E-state index in [-0.39, 0.29) is 5.78 Å². The fourth-order valence-electron chi connectivity index (χ4n) is 2.53. The Kier molecular flexibility index (Phi) is 6.25. The molecule has 0 aliphatic heterocycles. The van der Waals surface area contributed by atoms with Crippen LogP contribution >= 0.6 is 11.6 Å². The van der Waals surface area contributed by atoms with Crippen molar-refractivity contribution in [1.29, 1.82) is 0 Å². The summed E-state index contributed by atoms with van der Waals surface area (Å²) in [6, 6.07) is 20.4. The van der Waals surface area contributed by atoms with E-state index in [0.29, 0.717) is 27.6 Å². The Bertz CT molecular complexity index is 1020. The summed E-state index contributed by atoms with van der Waals surface area (Å²) < 4.78 is 10.5. The molecule has 28 heavy (non-hydrogen) atoms. The molecule has 0 atom stereocenters. The highest BCUT2D eigenvalue weighted by Crippen LogP contribution is 2.21. The summed E-state index contributed by atoms with van der Waals surface area (Å²) in [6.07, 6.45) is 3.12. The van der Waals surface area contributed by atoms with Crippen molar-refractivity contribution < 1.29 is 19.1 Å². The van der Waals surface area contributed by atoms with Crippen LogP contribution in [-0.4, -0.2) is 18.9 Å². The van der Waals surface area contributed by atoms with Gasteiger partial charge in [-0.2, -0.15) is 0 Å². The SMILES string of the molecule is COc1ccccc1C(=O)Oc1ccc(C(=O)/C=C/c2ccccc2Cl)cc1. The number of ketones is 1. The number of benzene rings is 3. The van der Waals surface area contributed by atoms with E-state index >= 15 is 0 Å². The molecule has 5 heteroatoms. The lowest BCUT2D eigenvalue weighted by molar-refractivity contribution is 0.0731. The van der Waals surface area contributed by atoms with Gasteiger partial charge >= 0.3 is 5.97 Å². The first kappa shape index (κ1) is 19.4. The largest absolute Gasteiger partial charge is 0.496 e. The van der Waals surface area contributed by atoms with Crippen LogP contribution in [0.1, 0.15) is 26.3 Å². The lowest BCUT2D eigenvalue weighted by atomic mass is 10.1. The quantitative estimate of drug-likeness (QED) is 0.242. The van der Waals surface area contributed by atoms with E-state index in [2.05, 4.69) is 0 Å². The first-order chi connectivity index (χ1) is 13.6. The molecule has 3 aromatic carbocycles. The second kappa shape index (κ2) is 9.02. The summed E-state index contributed by atoms with van der Waals surface area (Å²) in [5, 5.41) is 0.574. The Hall–Kier alpha value is -3.37. The number of hydrogen-bond donors (Lipinski definition) is 0. The summed E-state index contributed by atoms with van der Waals surface area (Å²) in [6.45, 7) is 0. The number of hydrogen-bond acceptors (Lipinski definition) is 4. The van der Waals surface area contributed by atoms with Crippen LogP contribution in [0.2, 0.25) is 5.02 Å². The van der Waals surface area contributed by atoms with Crippen LogP contribution in [-0.2, 0) is 0 Å². The van der Waals surface area contributed by atoms with Gasteiger partial charge in [0.25, 0.3) is 0 Å². The summed E-state index contributed by atoms with van der Waals surface area (Å²) in [5.41, 5.74) is 1.56. The minimum atomic E-state index is -0.532. The Balaban J connectivity index is 1.68. The average Bonchev–Trinajstić information content (AvgIpc) is 2.73. The van der Waals surface area contributed by atoms with E-state index in [4.69, 9.17) is 21.1 Å². The van der Waals surface area contributed by atoms with Crippen molar-refractivity contribution in [2.24, 2.45) is 0 Å². The lowest BCUT2D eigenvalue weighted by Crippen LogP contribution is -2.10. The molecule has 0 aromatic heterocycles.